The van der Waals surface area contributed by atoms with Gasteiger partial charge in [0.25, 0.3) is 0 Å². The fraction of sp³-hybridized carbons (Fsp3) is 0.833. The fourth-order valence-electron chi connectivity index (χ4n) is 1.59. The van der Waals surface area contributed by atoms with E-state index in [4.69, 9.17) is 5.11 Å². The number of carboxylic acids is 1. The Labute approximate surface area is 103 Å². The first-order valence-corrected chi connectivity index (χ1v) is 6.15. The van der Waals surface area contributed by atoms with E-state index in [-0.39, 0.29) is 5.91 Å². The average molecular weight is 244 g/mol. The number of hydrogen-bond donors (Lipinski definition) is 3. The molecular formula is C12H24N2O3. The molecule has 0 aliphatic heterocycles. The summed E-state index contributed by atoms with van der Waals surface area (Å²) in [5.41, 5.74) is -1.12. The molecule has 5 heteroatoms. The van der Waals surface area contributed by atoms with Crippen LogP contribution in [0.2, 0.25) is 0 Å². The highest BCUT2D eigenvalue weighted by atomic mass is 16.4. The Bertz CT molecular complexity index is 260. The van der Waals surface area contributed by atoms with E-state index in [1.807, 2.05) is 13.8 Å². The number of amides is 1. The maximum atomic E-state index is 11.6. The van der Waals surface area contributed by atoms with E-state index in [1.165, 1.54) is 0 Å². The van der Waals surface area contributed by atoms with E-state index >= 15 is 0 Å². The lowest BCUT2D eigenvalue weighted by Gasteiger charge is -2.28. The van der Waals surface area contributed by atoms with E-state index in [2.05, 4.69) is 10.6 Å². The predicted molar refractivity (Wildman–Crippen MR) is 66.8 cm³/mol. The van der Waals surface area contributed by atoms with Crippen molar-refractivity contribution >= 4 is 11.9 Å². The molecule has 0 aliphatic carbocycles. The Morgan fingerprint density at radius 3 is 2.12 bits per heavy atom. The molecule has 0 bridgehead atoms. The number of hydrogen-bond acceptors (Lipinski definition) is 3. The number of aliphatic carboxylic acids is 1. The van der Waals surface area contributed by atoms with Gasteiger partial charge in [0, 0.05) is 19.0 Å². The highest BCUT2D eigenvalue weighted by Crippen LogP contribution is 2.15. The van der Waals surface area contributed by atoms with Crippen LogP contribution >= 0.6 is 0 Å². The van der Waals surface area contributed by atoms with Crippen LogP contribution in [0, 0.1) is 0 Å². The van der Waals surface area contributed by atoms with Gasteiger partial charge >= 0.3 is 5.97 Å². The van der Waals surface area contributed by atoms with Crippen LogP contribution in [0.5, 0.6) is 0 Å². The third-order valence-electron chi connectivity index (χ3n) is 2.90. The summed E-state index contributed by atoms with van der Waals surface area (Å²) in [6, 6.07) is 0.324. The standard InChI is InChI=1S/C12H24N2O3/c1-5-12(6-2,11(16)17)14-10(15)7-8-13-9(3)4/h9,13H,5-8H2,1-4H3,(H,14,15)(H,16,17). The molecule has 100 valence electrons. The second-order valence-corrected chi connectivity index (χ2v) is 4.50. The molecule has 0 radical (unpaired) electrons. The third-order valence-corrected chi connectivity index (χ3v) is 2.90. The molecule has 0 unspecified atom stereocenters. The molecule has 0 spiro atoms. The van der Waals surface area contributed by atoms with Gasteiger partial charge in [-0.25, -0.2) is 4.79 Å². The van der Waals surface area contributed by atoms with Crippen LogP contribution in [0.4, 0.5) is 0 Å². The molecule has 0 aromatic heterocycles. The average Bonchev–Trinajstić information content (AvgIpc) is 2.25. The highest BCUT2D eigenvalue weighted by molar-refractivity contribution is 5.86. The molecule has 3 N–H and O–H groups in total. The molecule has 0 rings (SSSR count). The molecule has 0 aromatic carbocycles. The van der Waals surface area contributed by atoms with Crippen LogP contribution in [0.15, 0.2) is 0 Å². The number of carbonyl (C=O) groups is 2. The minimum absolute atomic E-state index is 0.218. The minimum Gasteiger partial charge on any atom is -0.480 e. The summed E-state index contributed by atoms with van der Waals surface area (Å²) in [5.74, 6) is -1.18. The molecule has 17 heavy (non-hydrogen) atoms. The Kier molecular flexibility index (Phi) is 6.80. The monoisotopic (exact) mass is 244 g/mol. The molecule has 0 aromatic rings. The first-order chi connectivity index (χ1) is 7.88. The summed E-state index contributed by atoms with van der Waals surface area (Å²) in [7, 11) is 0. The maximum Gasteiger partial charge on any atom is 0.329 e. The van der Waals surface area contributed by atoms with Gasteiger partial charge in [-0.2, -0.15) is 0 Å². The van der Waals surface area contributed by atoms with Crippen molar-refractivity contribution in [3.8, 4) is 0 Å². The summed E-state index contributed by atoms with van der Waals surface area (Å²) < 4.78 is 0. The predicted octanol–water partition coefficient (Wildman–Crippen LogP) is 1.13. The van der Waals surface area contributed by atoms with Crippen molar-refractivity contribution in [3.63, 3.8) is 0 Å². The first kappa shape index (κ1) is 15.9. The molecule has 0 saturated heterocycles. The maximum absolute atomic E-state index is 11.6. The SMILES string of the molecule is CCC(CC)(NC(=O)CCNC(C)C)C(=O)O. The number of carboxylic acid groups (broad SMARTS) is 1. The van der Waals surface area contributed by atoms with Crippen molar-refractivity contribution < 1.29 is 14.7 Å². The zero-order chi connectivity index (χ0) is 13.5. The van der Waals surface area contributed by atoms with Crippen LogP contribution in [0.25, 0.3) is 0 Å². The summed E-state index contributed by atoms with van der Waals surface area (Å²) in [4.78, 5) is 22.8. The van der Waals surface area contributed by atoms with Crippen molar-refractivity contribution in [2.24, 2.45) is 0 Å². The second kappa shape index (κ2) is 7.27. The Balaban J connectivity index is 4.28. The lowest BCUT2D eigenvalue weighted by Crippen LogP contribution is -2.54. The van der Waals surface area contributed by atoms with Gasteiger partial charge in [-0.15, -0.1) is 0 Å². The quantitative estimate of drug-likeness (QED) is 0.598. The van der Waals surface area contributed by atoms with Gasteiger partial charge in [-0.05, 0) is 12.8 Å². The van der Waals surface area contributed by atoms with Crippen LogP contribution in [-0.4, -0.2) is 35.1 Å². The molecule has 0 heterocycles. The van der Waals surface area contributed by atoms with E-state index in [9.17, 15) is 9.59 Å². The van der Waals surface area contributed by atoms with Gasteiger partial charge in [0.05, 0.1) is 0 Å². The summed E-state index contributed by atoms with van der Waals surface area (Å²) >= 11 is 0. The minimum atomic E-state index is -1.12. The van der Waals surface area contributed by atoms with Crippen molar-refractivity contribution in [2.75, 3.05) is 6.54 Å². The van der Waals surface area contributed by atoms with Crippen LogP contribution in [0.1, 0.15) is 47.0 Å². The molecule has 0 atom stereocenters. The zero-order valence-corrected chi connectivity index (χ0v) is 11.2. The van der Waals surface area contributed by atoms with E-state index in [1.54, 1.807) is 13.8 Å². The highest BCUT2D eigenvalue weighted by Gasteiger charge is 2.35. The Hall–Kier alpha value is -1.10. The second-order valence-electron chi connectivity index (χ2n) is 4.50. The first-order valence-electron chi connectivity index (χ1n) is 6.15. The van der Waals surface area contributed by atoms with Crippen molar-refractivity contribution in [2.45, 2.75) is 58.5 Å². The molecule has 0 fully saturated rings. The molecule has 0 saturated carbocycles. The lowest BCUT2D eigenvalue weighted by atomic mass is 9.93. The Morgan fingerprint density at radius 1 is 1.24 bits per heavy atom. The van der Waals surface area contributed by atoms with Crippen molar-refractivity contribution in [1.82, 2.24) is 10.6 Å². The fourth-order valence-corrected chi connectivity index (χ4v) is 1.59. The Morgan fingerprint density at radius 2 is 1.76 bits per heavy atom. The molecular weight excluding hydrogens is 220 g/mol. The van der Waals surface area contributed by atoms with E-state index in [0.717, 1.165) is 0 Å². The molecule has 1 amide bonds. The van der Waals surface area contributed by atoms with Crippen molar-refractivity contribution in [1.29, 1.82) is 0 Å². The normalized spacial score (nSPS) is 11.6. The number of carbonyl (C=O) groups excluding carboxylic acids is 1. The van der Waals surface area contributed by atoms with E-state index in [0.29, 0.717) is 31.8 Å². The molecule has 0 aliphatic rings. The summed E-state index contributed by atoms with van der Waals surface area (Å²) in [6.07, 6.45) is 1.08. The third kappa shape index (κ3) is 5.17. The van der Waals surface area contributed by atoms with Gasteiger partial charge in [-0.3, -0.25) is 4.79 Å². The van der Waals surface area contributed by atoms with Gasteiger partial charge < -0.3 is 15.7 Å². The smallest absolute Gasteiger partial charge is 0.329 e. The van der Waals surface area contributed by atoms with E-state index < -0.39 is 11.5 Å². The zero-order valence-electron chi connectivity index (χ0n) is 11.2. The van der Waals surface area contributed by atoms with Gasteiger partial charge in [0.15, 0.2) is 0 Å². The van der Waals surface area contributed by atoms with Crippen molar-refractivity contribution in [3.05, 3.63) is 0 Å². The largest absolute Gasteiger partial charge is 0.480 e. The topological polar surface area (TPSA) is 78.4 Å². The number of rotatable bonds is 8. The lowest BCUT2D eigenvalue weighted by molar-refractivity contribution is -0.148. The van der Waals surface area contributed by atoms with Gasteiger partial charge in [0.2, 0.25) is 5.91 Å². The van der Waals surface area contributed by atoms with Crippen LogP contribution < -0.4 is 10.6 Å². The summed E-state index contributed by atoms with van der Waals surface area (Å²) in [5, 5.41) is 14.9. The van der Waals surface area contributed by atoms with Crippen LogP contribution in [-0.2, 0) is 9.59 Å². The van der Waals surface area contributed by atoms with Gasteiger partial charge in [0.1, 0.15) is 5.54 Å². The van der Waals surface area contributed by atoms with Gasteiger partial charge in [-0.1, -0.05) is 27.7 Å². The number of nitrogens with one attached hydrogen (secondary N) is 2. The van der Waals surface area contributed by atoms with Crippen LogP contribution in [0.3, 0.4) is 0 Å². The molecule has 5 nitrogen and oxygen atoms in total. The summed E-state index contributed by atoms with van der Waals surface area (Å²) in [6.45, 7) is 8.09.